The molecule has 1 amide bonds. The zero-order chi connectivity index (χ0) is 33.2. The summed E-state index contributed by atoms with van der Waals surface area (Å²) in [5.74, 6) is -1.73. The minimum Gasteiger partial charge on any atom is -0.390 e. The number of carbonyl (C=O) groups excluding carboxylic acids is 2. The fraction of sp³-hybridized carbons (Fsp3) is 0.600. The maximum absolute atomic E-state index is 12.7. The van der Waals surface area contributed by atoms with Gasteiger partial charge in [-0.1, -0.05) is 50.2 Å². The largest absolute Gasteiger partial charge is 0.390 e. The average molecular weight is 627 g/mol. The Balaban J connectivity index is 1.34. The van der Waals surface area contributed by atoms with Crippen LogP contribution < -0.4 is 5.32 Å². The first-order valence-corrected chi connectivity index (χ1v) is 15.8. The van der Waals surface area contributed by atoms with Crippen LogP contribution in [0.1, 0.15) is 67.9 Å². The summed E-state index contributed by atoms with van der Waals surface area (Å²) < 4.78 is 12.1. The fourth-order valence-corrected chi connectivity index (χ4v) is 6.21. The van der Waals surface area contributed by atoms with Crippen molar-refractivity contribution in [1.29, 1.82) is 0 Å². The third-order valence-corrected chi connectivity index (χ3v) is 9.29. The fourth-order valence-electron chi connectivity index (χ4n) is 6.21. The molecule has 4 rings (SSSR count). The molecule has 0 radical (unpaired) electrons. The zero-order valence-corrected chi connectivity index (χ0v) is 27.4. The summed E-state index contributed by atoms with van der Waals surface area (Å²) >= 11 is 0. The van der Waals surface area contributed by atoms with Gasteiger partial charge in [0, 0.05) is 31.5 Å². The second kappa shape index (κ2) is 14.0. The maximum Gasteiger partial charge on any atom is 0.226 e. The lowest BCUT2D eigenvalue weighted by Crippen LogP contribution is -2.67. The molecule has 2 aliphatic rings. The van der Waals surface area contributed by atoms with Crippen LogP contribution in [0.15, 0.2) is 42.5 Å². The van der Waals surface area contributed by atoms with Crippen LogP contribution in [0.3, 0.4) is 0 Å². The predicted molar refractivity (Wildman–Crippen MR) is 169 cm³/mol. The molecular weight excluding hydrogens is 576 g/mol. The Bertz CT molecular complexity index is 1340. The van der Waals surface area contributed by atoms with E-state index in [1.165, 1.54) is 6.92 Å². The van der Waals surface area contributed by atoms with Crippen LogP contribution in [-0.4, -0.2) is 101 Å². The second-order valence-corrected chi connectivity index (χ2v) is 13.7. The highest BCUT2D eigenvalue weighted by Gasteiger charge is 2.68. The Morgan fingerprint density at radius 2 is 1.73 bits per heavy atom. The molecule has 2 aromatic rings. The lowest BCUT2D eigenvalue weighted by Gasteiger charge is -2.47. The number of amides is 1. The van der Waals surface area contributed by atoms with E-state index in [2.05, 4.69) is 29.6 Å². The first kappa shape index (κ1) is 35.2. The molecule has 5 N–H and O–H groups in total. The number of nitrogens with one attached hydrogen (secondary N) is 1. The number of fused-ring (bicyclic) bond motifs is 2. The summed E-state index contributed by atoms with van der Waals surface area (Å²) in [5, 5.41) is 45.6. The molecule has 2 heterocycles. The first-order chi connectivity index (χ1) is 21.1. The second-order valence-electron chi connectivity index (χ2n) is 13.7. The Hall–Kier alpha value is -2.70. The van der Waals surface area contributed by atoms with E-state index in [9.17, 15) is 30.0 Å². The number of likely N-dealkylation sites (N-methyl/N-ethyl adjacent to an activating group) is 1. The molecule has 2 saturated heterocycles. The van der Waals surface area contributed by atoms with Crippen LogP contribution in [0.2, 0.25) is 0 Å². The first-order valence-electron chi connectivity index (χ1n) is 15.8. The Kier molecular flexibility index (Phi) is 10.9. The third kappa shape index (κ3) is 7.49. The molecule has 10 nitrogen and oxygen atoms in total. The Morgan fingerprint density at radius 1 is 1.07 bits per heavy atom. The molecule has 2 fully saturated rings. The monoisotopic (exact) mass is 626 g/mol. The minimum atomic E-state index is -1.72. The summed E-state index contributed by atoms with van der Waals surface area (Å²) in [7, 11) is 3.89. The number of hydrogen-bond acceptors (Lipinski definition) is 9. The summed E-state index contributed by atoms with van der Waals surface area (Å²) in [5.41, 5.74) is 2.39. The smallest absolute Gasteiger partial charge is 0.226 e. The van der Waals surface area contributed by atoms with Gasteiger partial charge in [-0.2, -0.15) is 0 Å². The van der Waals surface area contributed by atoms with E-state index in [1.807, 2.05) is 51.9 Å². The molecule has 0 aromatic heterocycles. The molecule has 2 bridgehead atoms. The number of hydrogen-bond donors (Lipinski definition) is 5. The van der Waals surface area contributed by atoms with Gasteiger partial charge in [-0.3, -0.25) is 9.59 Å². The molecule has 6 atom stereocenters. The van der Waals surface area contributed by atoms with Gasteiger partial charge in [0.15, 0.2) is 0 Å². The SMILES string of the molecule is Cc1ccc([C@]23OC[C@]([C@@H](C)O)(O2)[C@@H](O)[C@H](O)[C@H]3O)cc1Cc1ccc(CCCC(=O)CC(C)(C)C(=O)NCCN(C)C)cc1. The van der Waals surface area contributed by atoms with Gasteiger partial charge >= 0.3 is 0 Å². The molecule has 2 aromatic carbocycles. The van der Waals surface area contributed by atoms with Gasteiger partial charge in [0.2, 0.25) is 11.7 Å². The Labute approximate surface area is 266 Å². The number of Topliss-reactive ketones (excluding diaryl/α,β-unsaturated/α-hetero) is 1. The lowest BCUT2D eigenvalue weighted by molar-refractivity contribution is -0.336. The summed E-state index contributed by atoms with van der Waals surface area (Å²) in [6.07, 6.45) is -3.08. The molecule has 45 heavy (non-hydrogen) atoms. The van der Waals surface area contributed by atoms with Crippen molar-refractivity contribution < 1.29 is 39.5 Å². The van der Waals surface area contributed by atoms with E-state index in [4.69, 9.17) is 9.47 Å². The maximum atomic E-state index is 12.7. The molecule has 0 saturated carbocycles. The van der Waals surface area contributed by atoms with Gasteiger partial charge in [-0.25, -0.2) is 0 Å². The molecule has 0 spiro atoms. The van der Waals surface area contributed by atoms with E-state index in [-0.39, 0.29) is 24.7 Å². The molecule has 10 heteroatoms. The van der Waals surface area contributed by atoms with E-state index in [0.717, 1.165) is 35.2 Å². The van der Waals surface area contributed by atoms with Crippen molar-refractivity contribution in [2.75, 3.05) is 33.8 Å². The highest BCUT2D eigenvalue weighted by Crippen LogP contribution is 2.51. The van der Waals surface area contributed by atoms with Crippen molar-refractivity contribution in [3.8, 4) is 0 Å². The highest BCUT2D eigenvalue weighted by atomic mass is 16.8. The predicted octanol–water partition coefficient (Wildman–Crippen LogP) is 1.99. The standard InChI is InChI=1S/C35H50N2O8/c1-22-10-15-27(35-31(42)29(40)30(41)34(45-35,21-44-35)23(2)38)19-26(22)18-25-13-11-24(12-14-25)8-7-9-28(39)20-33(3,4)32(43)36-16-17-37(5)6/h10-15,19,23,29-31,38,40-42H,7-9,16-18,20-21H2,1-6H3,(H,36,43)/t23-,29+,30+,31-,34-,35+/m1/s1. The van der Waals surface area contributed by atoms with E-state index in [0.29, 0.717) is 31.4 Å². The van der Waals surface area contributed by atoms with Crippen molar-refractivity contribution in [2.24, 2.45) is 5.41 Å². The van der Waals surface area contributed by atoms with Crippen LogP contribution in [0.5, 0.6) is 0 Å². The molecule has 0 unspecified atom stereocenters. The number of aliphatic hydroxyl groups is 4. The van der Waals surface area contributed by atoms with Gasteiger partial charge in [0.1, 0.15) is 29.7 Å². The van der Waals surface area contributed by atoms with Gasteiger partial charge < -0.3 is 40.1 Å². The number of carbonyl (C=O) groups is 2. The van der Waals surface area contributed by atoms with E-state index in [1.54, 1.807) is 6.07 Å². The van der Waals surface area contributed by atoms with Gasteiger partial charge in [-0.15, -0.1) is 0 Å². The lowest BCUT2D eigenvalue weighted by atomic mass is 9.80. The third-order valence-electron chi connectivity index (χ3n) is 9.29. The van der Waals surface area contributed by atoms with Crippen LogP contribution in [0, 0.1) is 12.3 Å². The number of nitrogens with zero attached hydrogens (tertiary/aromatic N) is 1. The Morgan fingerprint density at radius 3 is 2.38 bits per heavy atom. The minimum absolute atomic E-state index is 0.0835. The quantitative estimate of drug-likeness (QED) is 0.212. The summed E-state index contributed by atoms with van der Waals surface area (Å²) in [6.45, 7) is 8.20. The van der Waals surface area contributed by atoms with Gasteiger partial charge in [0.05, 0.1) is 18.1 Å². The zero-order valence-electron chi connectivity index (χ0n) is 27.4. The molecule has 0 aliphatic carbocycles. The van der Waals surface area contributed by atoms with Crippen molar-refractivity contribution in [3.63, 3.8) is 0 Å². The van der Waals surface area contributed by atoms with Crippen LogP contribution in [0.25, 0.3) is 0 Å². The van der Waals surface area contributed by atoms with Gasteiger partial charge in [-0.05, 0) is 75.5 Å². The number of benzene rings is 2. The molecule has 248 valence electrons. The van der Waals surface area contributed by atoms with E-state index >= 15 is 0 Å². The molecule has 2 aliphatic heterocycles. The van der Waals surface area contributed by atoms with Crippen LogP contribution in [-0.2, 0) is 37.7 Å². The van der Waals surface area contributed by atoms with E-state index < -0.39 is 41.2 Å². The number of aliphatic hydroxyl groups excluding tert-OH is 4. The number of ether oxygens (including phenoxy) is 2. The number of ketones is 1. The van der Waals surface area contributed by atoms with Crippen molar-refractivity contribution in [1.82, 2.24) is 10.2 Å². The summed E-state index contributed by atoms with van der Waals surface area (Å²) in [6, 6.07) is 13.8. The van der Waals surface area contributed by atoms with Crippen molar-refractivity contribution in [3.05, 3.63) is 70.3 Å². The average Bonchev–Trinajstić information content (AvgIpc) is 3.37. The van der Waals surface area contributed by atoms with Crippen molar-refractivity contribution in [2.45, 2.75) is 95.6 Å². The molecular formula is C35H50N2O8. The number of rotatable bonds is 14. The topological polar surface area (TPSA) is 149 Å². The summed E-state index contributed by atoms with van der Waals surface area (Å²) in [4.78, 5) is 27.2. The number of aryl methyl sites for hydroxylation is 2. The van der Waals surface area contributed by atoms with Crippen LogP contribution >= 0.6 is 0 Å². The van der Waals surface area contributed by atoms with Crippen molar-refractivity contribution >= 4 is 11.7 Å². The van der Waals surface area contributed by atoms with Gasteiger partial charge in [0.25, 0.3) is 0 Å². The highest BCUT2D eigenvalue weighted by molar-refractivity contribution is 5.89. The van der Waals surface area contributed by atoms with Crippen LogP contribution in [0.4, 0.5) is 0 Å². The normalized spacial score (nSPS) is 27.0.